The molecule has 2 rings (SSSR count). The van der Waals surface area contributed by atoms with Gasteiger partial charge in [-0.05, 0) is 43.2 Å². The quantitative estimate of drug-likeness (QED) is 0.763. The molecule has 20 heavy (non-hydrogen) atoms. The molecule has 0 radical (unpaired) electrons. The predicted octanol–water partition coefficient (Wildman–Crippen LogP) is 4.00. The van der Waals surface area contributed by atoms with E-state index in [9.17, 15) is 8.42 Å². The molecule has 0 unspecified atom stereocenters. The minimum atomic E-state index is -3.35. The number of hydrogen-bond donors (Lipinski definition) is 0. The summed E-state index contributed by atoms with van der Waals surface area (Å²) in [6.07, 6.45) is 3.03. The van der Waals surface area contributed by atoms with Crippen molar-refractivity contribution in [3.8, 4) is 0 Å². The van der Waals surface area contributed by atoms with Gasteiger partial charge in [0.1, 0.15) is 4.21 Å². The van der Waals surface area contributed by atoms with Crippen LogP contribution in [0.5, 0.6) is 0 Å². The maximum Gasteiger partial charge on any atom is 0.252 e. The molecular weight excluding hydrogens is 314 g/mol. The zero-order chi connectivity index (χ0) is 15.0. The smallest absolute Gasteiger partial charge is 0.206 e. The minimum absolute atomic E-state index is 0.161. The highest BCUT2D eigenvalue weighted by Gasteiger charge is 2.41. The van der Waals surface area contributed by atoms with Crippen LogP contribution in [0.2, 0.25) is 0 Å². The van der Waals surface area contributed by atoms with E-state index in [4.69, 9.17) is 11.6 Å². The van der Waals surface area contributed by atoms with Crippen LogP contribution in [0.4, 0.5) is 0 Å². The standard InChI is InChI=1S/C14H22ClNO2S2/c1-4-14(5-2)6-7-16(10-14)20(17,18)13-8-11(3)12(9-15)19-13/h8H,4-7,9-10H2,1-3H3. The van der Waals surface area contributed by atoms with Gasteiger partial charge in [0.15, 0.2) is 0 Å². The minimum Gasteiger partial charge on any atom is -0.206 e. The number of thiophene rings is 1. The first-order chi connectivity index (χ1) is 9.38. The summed E-state index contributed by atoms with van der Waals surface area (Å²) in [5.41, 5.74) is 1.13. The lowest BCUT2D eigenvalue weighted by Crippen LogP contribution is -2.31. The molecule has 114 valence electrons. The van der Waals surface area contributed by atoms with E-state index in [-0.39, 0.29) is 5.41 Å². The van der Waals surface area contributed by atoms with Gasteiger partial charge in [0.05, 0.1) is 5.88 Å². The molecule has 0 bridgehead atoms. The molecule has 2 heterocycles. The predicted molar refractivity (Wildman–Crippen MR) is 85.0 cm³/mol. The first-order valence-corrected chi connectivity index (χ1v) is 9.83. The van der Waals surface area contributed by atoms with E-state index in [1.807, 2.05) is 6.92 Å². The van der Waals surface area contributed by atoms with Crippen LogP contribution in [0.3, 0.4) is 0 Å². The Hall–Kier alpha value is -0.100. The highest BCUT2D eigenvalue weighted by atomic mass is 35.5. The molecule has 0 aromatic carbocycles. The van der Waals surface area contributed by atoms with Gasteiger partial charge in [-0.25, -0.2) is 8.42 Å². The Morgan fingerprint density at radius 3 is 2.50 bits per heavy atom. The third-order valence-corrected chi connectivity index (χ3v) is 8.57. The van der Waals surface area contributed by atoms with Gasteiger partial charge in [0.2, 0.25) is 0 Å². The topological polar surface area (TPSA) is 37.4 Å². The SMILES string of the molecule is CCC1(CC)CCN(S(=O)(=O)c2cc(C)c(CCl)s2)C1. The number of rotatable bonds is 5. The third kappa shape index (κ3) is 2.78. The molecule has 3 nitrogen and oxygen atoms in total. The van der Waals surface area contributed by atoms with Crippen molar-refractivity contribution in [1.29, 1.82) is 0 Å². The fourth-order valence-corrected chi connectivity index (χ4v) is 6.32. The Morgan fingerprint density at radius 1 is 1.40 bits per heavy atom. The molecule has 6 heteroatoms. The van der Waals surface area contributed by atoms with Crippen LogP contribution in [0.25, 0.3) is 0 Å². The molecule has 1 aliphatic rings. The molecule has 0 amide bonds. The maximum atomic E-state index is 12.7. The van der Waals surface area contributed by atoms with Gasteiger partial charge in [0, 0.05) is 18.0 Å². The molecule has 1 fully saturated rings. The van der Waals surface area contributed by atoms with E-state index in [2.05, 4.69) is 13.8 Å². The van der Waals surface area contributed by atoms with Crippen LogP contribution in [0, 0.1) is 12.3 Å². The third-order valence-electron chi connectivity index (χ3n) is 4.62. The maximum absolute atomic E-state index is 12.7. The second kappa shape index (κ2) is 5.95. The van der Waals surface area contributed by atoms with Crippen molar-refractivity contribution in [1.82, 2.24) is 4.31 Å². The van der Waals surface area contributed by atoms with Crippen molar-refractivity contribution in [2.24, 2.45) is 5.41 Å². The Labute approximate surface area is 131 Å². The van der Waals surface area contributed by atoms with E-state index >= 15 is 0 Å². The average Bonchev–Trinajstić information content (AvgIpc) is 3.03. The van der Waals surface area contributed by atoms with Crippen LogP contribution in [0.15, 0.2) is 10.3 Å². The fraction of sp³-hybridized carbons (Fsp3) is 0.714. The fourth-order valence-electron chi connectivity index (χ4n) is 2.80. The molecule has 0 atom stereocenters. The van der Waals surface area contributed by atoms with Crippen molar-refractivity contribution in [2.75, 3.05) is 13.1 Å². The summed E-state index contributed by atoms with van der Waals surface area (Å²) in [5.74, 6) is 0.375. The Bertz CT molecular complexity index is 576. The van der Waals surface area contributed by atoms with Gasteiger partial charge in [-0.2, -0.15) is 4.31 Å². The van der Waals surface area contributed by atoms with E-state index < -0.39 is 10.0 Å². The molecular formula is C14H22ClNO2S2. The van der Waals surface area contributed by atoms with Crippen LogP contribution in [0.1, 0.15) is 43.6 Å². The van der Waals surface area contributed by atoms with Gasteiger partial charge in [-0.3, -0.25) is 0 Å². The van der Waals surface area contributed by atoms with Gasteiger partial charge in [0.25, 0.3) is 10.0 Å². The molecule has 1 aliphatic heterocycles. The van der Waals surface area contributed by atoms with Crippen molar-refractivity contribution in [3.63, 3.8) is 0 Å². The molecule has 1 saturated heterocycles. The van der Waals surface area contributed by atoms with Crippen LogP contribution >= 0.6 is 22.9 Å². The number of sulfonamides is 1. The molecule has 0 aliphatic carbocycles. The zero-order valence-corrected chi connectivity index (χ0v) is 14.7. The Balaban J connectivity index is 2.27. The number of aryl methyl sites for hydroxylation is 1. The molecule has 0 N–H and O–H groups in total. The normalized spacial score (nSPS) is 19.6. The first-order valence-electron chi connectivity index (χ1n) is 7.04. The highest BCUT2D eigenvalue weighted by molar-refractivity contribution is 7.91. The molecule has 0 saturated carbocycles. The second-order valence-corrected chi connectivity index (χ2v) is 9.17. The highest BCUT2D eigenvalue weighted by Crippen LogP contribution is 2.40. The summed E-state index contributed by atoms with van der Waals surface area (Å²) in [7, 11) is -3.35. The summed E-state index contributed by atoms with van der Waals surface area (Å²) >= 11 is 7.15. The van der Waals surface area contributed by atoms with Crippen molar-refractivity contribution >= 4 is 33.0 Å². The lowest BCUT2D eigenvalue weighted by Gasteiger charge is -2.26. The zero-order valence-electron chi connectivity index (χ0n) is 12.3. The van der Waals surface area contributed by atoms with E-state index in [1.165, 1.54) is 11.3 Å². The van der Waals surface area contributed by atoms with E-state index in [1.54, 1.807) is 10.4 Å². The lowest BCUT2D eigenvalue weighted by atomic mass is 9.82. The number of nitrogens with zero attached hydrogens (tertiary/aromatic N) is 1. The number of hydrogen-bond acceptors (Lipinski definition) is 3. The monoisotopic (exact) mass is 335 g/mol. The first kappa shape index (κ1) is 16.3. The summed E-state index contributed by atoms with van der Waals surface area (Å²) in [5, 5.41) is 0. The molecule has 1 aromatic rings. The summed E-state index contributed by atoms with van der Waals surface area (Å²) in [4.78, 5) is 0.946. The van der Waals surface area contributed by atoms with E-state index in [0.29, 0.717) is 23.2 Å². The number of halogens is 1. The number of alkyl halides is 1. The Morgan fingerprint density at radius 2 is 2.05 bits per heavy atom. The van der Waals surface area contributed by atoms with Crippen molar-refractivity contribution < 1.29 is 8.42 Å². The van der Waals surface area contributed by atoms with Crippen molar-refractivity contribution in [2.45, 2.75) is 50.1 Å². The van der Waals surface area contributed by atoms with Crippen LogP contribution < -0.4 is 0 Å². The summed E-state index contributed by atoms with van der Waals surface area (Å²) in [6, 6.07) is 1.76. The second-order valence-electron chi connectivity index (χ2n) is 5.60. The molecule has 1 aromatic heterocycles. The average molecular weight is 336 g/mol. The van der Waals surface area contributed by atoms with Gasteiger partial charge >= 0.3 is 0 Å². The largest absolute Gasteiger partial charge is 0.252 e. The van der Waals surface area contributed by atoms with Crippen molar-refractivity contribution in [3.05, 3.63) is 16.5 Å². The van der Waals surface area contributed by atoms with Gasteiger partial charge in [-0.1, -0.05) is 13.8 Å². The van der Waals surface area contributed by atoms with Gasteiger partial charge in [-0.15, -0.1) is 22.9 Å². The summed E-state index contributed by atoms with van der Waals surface area (Å²) in [6.45, 7) is 7.51. The summed E-state index contributed by atoms with van der Waals surface area (Å²) < 4.78 is 27.6. The Kier molecular flexibility index (Phi) is 4.84. The van der Waals surface area contributed by atoms with Crippen LogP contribution in [-0.4, -0.2) is 25.8 Å². The van der Waals surface area contributed by atoms with E-state index in [0.717, 1.165) is 29.7 Å². The lowest BCUT2D eigenvalue weighted by molar-refractivity contribution is 0.280. The van der Waals surface area contributed by atoms with Crippen LogP contribution in [-0.2, 0) is 15.9 Å². The van der Waals surface area contributed by atoms with Gasteiger partial charge < -0.3 is 0 Å². The molecule has 0 spiro atoms.